The van der Waals surface area contributed by atoms with Gasteiger partial charge in [-0.1, -0.05) is 123 Å². The highest BCUT2D eigenvalue weighted by atomic mass is 14.2. The average Bonchev–Trinajstić information content (AvgIpc) is 2.57. The Morgan fingerprint density at radius 1 is 0.654 bits per heavy atom. The van der Waals surface area contributed by atoms with Crippen LogP contribution in [0.5, 0.6) is 0 Å². The van der Waals surface area contributed by atoms with Crippen LogP contribution in [-0.4, -0.2) is 0 Å². The fourth-order valence-electron chi connectivity index (χ4n) is 2.41. The van der Waals surface area contributed by atoms with E-state index in [9.17, 15) is 0 Å². The summed E-state index contributed by atoms with van der Waals surface area (Å²) in [5.74, 6) is 0. The second kappa shape index (κ2) is 13.6. The van der Waals surface area contributed by atoms with Gasteiger partial charge in [0.1, 0.15) is 0 Å². The van der Waals surface area contributed by atoms with Gasteiger partial charge in [-0.05, 0) is 41.2 Å². The van der Waals surface area contributed by atoms with Crippen molar-refractivity contribution in [2.24, 2.45) is 5.41 Å². The van der Waals surface area contributed by atoms with E-state index < -0.39 is 0 Å². The summed E-state index contributed by atoms with van der Waals surface area (Å²) in [5, 5.41) is 0. The third kappa shape index (κ3) is 13.7. The molecule has 2 aromatic carbocycles. The monoisotopic (exact) mass is 356 g/mol. The number of hydrogen-bond acceptors (Lipinski definition) is 0. The SMILES string of the molecule is C.CC.CC(C)(C)CCCc1ccccc1.CC(C)(C)c1ccccc1. The van der Waals surface area contributed by atoms with Crippen molar-refractivity contribution < 1.29 is 0 Å². The van der Waals surface area contributed by atoms with E-state index in [-0.39, 0.29) is 7.43 Å². The highest BCUT2D eigenvalue weighted by Gasteiger charge is 2.11. The molecule has 0 saturated heterocycles. The summed E-state index contributed by atoms with van der Waals surface area (Å²) in [6, 6.07) is 21.3. The summed E-state index contributed by atoms with van der Waals surface area (Å²) in [6.45, 7) is 17.6. The Labute approximate surface area is 165 Å². The minimum Gasteiger partial charge on any atom is -0.0776 e. The molecule has 0 atom stereocenters. The number of benzene rings is 2. The molecule has 0 aromatic heterocycles. The van der Waals surface area contributed by atoms with E-state index in [1.54, 1.807) is 0 Å². The number of rotatable bonds is 3. The summed E-state index contributed by atoms with van der Waals surface area (Å²) >= 11 is 0. The fourth-order valence-corrected chi connectivity index (χ4v) is 2.41. The lowest BCUT2D eigenvalue weighted by atomic mass is 9.87. The molecule has 0 N–H and O–H groups in total. The first-order valence-corrected chi connectivity index (χ1v) is 9.78. The van der Waals surface area contributed by atoms with Crippen molar-refractivity contribution >= 4 is 0 Å². The molecule has 0 bridgehead atoms. The van der Waals surface area contributed by atoms with Crippen LogP contribution in [0.15, 0.2) is 60.7 Å². The Morgan fingerprint density at radius 2 is 1.08 bits per heavy atom. The first-order valence-electron chi connectivity index (χ1n) is 9.78. The molecule has 0 aliphatic carbocycles. The van der Waals surface area contributed by atoms with Crippen molar-refractivity contribution in [2.45, 2.75) is 87.5 Å². The van der Waals surface area contributed by atoms with Crippen molar-refractivity contribution in [2.75, 3.05) is 0 Å². The number of aryl methyl sites for hydroxylation is 1. The van der Waals surface area contributed by atoms with E-state index in [1.807, 2.05) is 13.8 Å². The zero-order valence-electron chi connectivity index (χ0n) is 17.9. The first-order chi connectivity index (χ1) is 11.7. The van der Waals surface area contributed by atoms with Gasteiger partial charge in [0.2, 0.25) is 0 Å². The van der Waals surface area contributed by atoms with E-state index in [4.69, 9.17) is 0 Å². The summed E-state index contributed by atoms with van der Waals surface area (Å²) < 4.78 is 0. The molecule has 0 saturated carbocycles. The maximum Gasteiger partial charge on any atom is -0.0132 e. The molecule has 0 spiro atoms. The van der Waals surface area contributed by atoms with Gasteiger partial charge in [0.05, 0.1) is 0 Å². The van der Waals surface area contributed by atoms with Crippen LogP contribution in [-0.2, 0) is 11.8 Å². The van der Waals surface area contributed by atoms with Crippen molar-refractivity contribution in [3.63, 3.8) is 0 Å². The zero-order chi connectivity index (χ0) is 19.3. The zero-order valence-corrected chi connectivity index (χ0v) is 17.9. The smallest absolute Gasteiger partial charge is 0.0132 e. The van der Waals surface area contributed by atoms with Gasteiger partial charge in [-0.3, -0.25) is 0 Å². The Morgan fingerprint density at radius 3 is 1.42 bits per heavy atom. The molecular weight excluding hydrogens is 312 g/mol. The van der Waals surface area contributed by atoms with E-state index in [2.05, 4.69) is 102 Å². The normalized spacial score (nSPS) is 10.5. The molecule has 0 aliphatic rings. The Hall–Kier alpha value is -1.56. The molecule has 0 unspecified atom stereocenters. The Kier molecular flexibility index (Phi) is 14.0. The van der Waals surface area contributed by atoms with E-state index >= 15 is 0 Å². The van der Waals surface area contributed by atoms with Crippen molar-refractivity contribution in [3.05, 3.63) is 71.8 Å². The van der Waals surface area contributed by atoms with Gasteiger partial charge in [-0.25, -0.2) is 0 Å². The molecule has 26 heavy (non-hydrogen) atoms. The summed E-state index contributed by atoms with van der Waals surface area (Å²) in [4.78, 5) is 0. The van der Waals surface area contributed by atoms with Crippen LogP contribution in [0.4, 0.5) is 0 Å². The van der Waals surface area contributed by atoms with Gasteiger partial charge in [0.15, 0.2) is 0 Å². The van der Waals surface area contributed by atoms with Gasteiger partial charge >= 0.3 is 0 Å². The van der Waals surface area contributed by atoms with E-state index in [1.165, 1.54) is 30.4 Å². The minimum atomic E-state index is 0. The molecule has 148 valence electrons. The standard InChI is InChI=1S/C13H20.C10H14.C2H6.CH4/c1-13(2,3)11-7-10-12-8-5-4-6-9-12;1-10(2,3)9-7-5-4-6-8-9;1-2;/h4-6,8-9H,7,10-11H2,1-3H3;4-8H,1-3H3;1-2H3;1H4. The van der Waals surface area contributed by atoms with Gasteiger partial charge in [-0.15, -0.1) is 0 Å². The summed E-state index contributed by atoms with van der Waals surface area (Å²) in [7, 11) is 0. The lowest BCUT2D eigenvalue weighted by Gasteiger charge is -2.18. The Bertz CT molecular complexity index is 524. The largest absolute Gasteiger partial charge is 0.0776 e. The fraction of sp³-hybridized carbons (Fsp3) is 0.538. The highest BCUT2D eigenvalue weighted by molar-refractivity contribution is 5.22. The van der Waals surface area contributed by atoms with Gasteiger partial charge in [0, 0.05) is 0 Å². The molecule has 0 nitrogen and oxygen atoms in total. The lowest BCUT2D eigenvalue weighted by Crippen LogP contribution is -2.10. The summed E-state index contributed by atoms with van der Waals surface area (Å²) in [6.07, 6.45) is 3.83. The maximum atomic E-state index is 2.30. The van der Waals surface area contributed by atoms with Crippen LogP contribution in [0.3, 0.4) is 0 Å². The van der Waals surface area contributed by atoms with Crippen LogP contribution in [0, 0.1) is 5.41 Å². The van der Waals surface area contributed by atoms with Crippen molar-refractivity contribution in [3.8, 4) is 0 Å². The second-order valence-corrected chi connectivity index (χ2v) is 8.52. The maximum absolute atomic E-state index is 2.30. The molecule has 2 aromatic rings. The van der Waals surface area contributed by atoms with Gasteiger partial charge in [0.25, 0.3) is 0 Å². The van der Waals surface area contributed by atoms with Crippen molar-refractivity contribution in [1.29, 1.82) is 0 Å². The van der Waals surface area contributed by atoms with Crippen LogP contribution >= 0.6 is 0 Å². The molecular formula is C26H44. The molecule has 0 aliphatic heterocycles. The molecule has 0 heteroatoms. The number of hydrogen-bond donors (Lipinski definition) is 0. The molecule has 0 radical (unpaired) electrons. The predicted molar refractivity (Wildman–Crippen MR) is 122 cm³/mol. The van der Waals surface area contributed by atoms with Crippen LogP contribution in [0.25, 0.3) is 0 Å². The summed E-state index contributed by atoms with van der Waals surface area (Å²) in [5.41, 5.74) is 3.64. The van der Waals surface area contributed by atoms with Crippen molar-refractivity contribution in [1.82, 2.24) is 0 Å². The molecule has 0 amide bonds. The van der Waals surface area contributed by atoms with Crippen LogP contribution in [0.2, 0.25) is 0 Å². The minimum absolute atomic E-state index is 0. The van der Waals surface area contributed by atoms with Gasteiger partial charge < -0.3 is 0 Å². The van der Waals surface area contributed by atoms with Gasteiger partial charge in [-0.2, -0.15) is 0 Å². The predicted octanol–water partition coefficient (Wildman–Crippen LogP) is 8.70. The van der Waals surface area contributed by atoms with Crippen LogP contribution < -0.4 is 0 Å². The molecule has 0 heterocycles. The van der Waals surface area contributed by atoms with Crippen LogP contribution in [0.1, 0.15) is 86.8 Å². The Balaban J connectivity index is 0. The second-order valence-electron chi connectivity index (χ2n) is 8.52. The van der Waals surface area contributed by atoms with E-state index in [0.29, 0.717) is 10.8 Å². The van der Waals surface area contributed by atoms with E-state index in [0.717, 1.165) is 0 Å². The topological polar surface area (TPSA) is 0 Å². The quantitative estimate of drug-likeness (QED) is 0.516. The third-order valence-electron chi connectivity index (χ3n) is 3.87. The average molecular weight is 357 g/mol. The molecule has 2 rings (SSSR count). The first kappa shape index (κ1) is 26.7. The molecule has 0 fully saturated rings. The lowest BCUT2D eigenvalue weighted by molar-refractivity contribution is 0.365. The highest BCUT2D eigenvalue weighted by Crippen LogP contribution is 2.22. The third-order valence-corrected chi connectivity index (χ3v) is 3.87.